The third-order valence-electron chi connectivity index (χ3n) is 5.74. The van der Waals surface area contributed by atoms with Gasteiger partial charge in [-0.1, -0.05) is 54.6 Å². The van der Waals surface area contributed by atoms with Crippen LogP contribution in [0.2, 0.25) is 0 Å². The van der Waals surface area contributed by atoms with E-state index in [0.717, 1.165) is 19.3 Å². The number of rotatable bonds is 12. The fourth-order valence-electron chi connectivity index (χ4n) is 4.08. The Morgan fingerprint density at radius 3 is 2.61 bits per heavy atom. The van der Waals surface area contributed by atoms with Gasteiger partial charge in [-0.2, -0.15) is 0 Å². The zero-order valence-electron chi connectivity index (χ0n) is 18.8. The number of carbonyl (C=O) groups excluding carboxylic acids is 1. The topological polar surface area (TPSA) is 87.0 Å². The summed E-state index contributed by atoms with van der Waals surface area (Å²) in [6.45, 7) is 3.68. The van der Waals surface area contributed by atoms with E-state index < -0.39 is 18.3 Å². The first-order valence-corrected chi connectivity index (χ1v) is 11.5. The lowest BCUT2D eigenvalue weighted by atomic mass is 9.89. The Morgan fingerprint density at radius 2 is 1.90 bits per heavy atom. The predicted molar refractivity (Wildman–Crippen MR) is 122 cm³/mol. The van der Waals surface area contributed by atoms with Crippen LogP contribution in [0.3, 0.4) is 0 Å². The lowest BCUT2D eigenvalue weighted by Crippen LogP contribution is -2.20. The highest BCUT2D eigenvalue weighted by Gasteiger charge is 2.39. The van der Waals surface area contributed by atoms with Crippen molar-refractivity contribution in [3.05, 3.63) is 60.2 Å². The second kappa shape index (κ2) is 13.5. The number of hydrogen-bond donors (Lipinski definition) is 3. The van der Waals surface area contributed by atoms with E-state index in [1.807, 2.05) is 62.4 Å². The molecule has 0 heterocycles. The number of unbranched alkanes of at least 4 members (excludes halogenated alkanes) is 1. The molecule has 3 N–H and O–H groups in total. The van der Waals surface area contributed by atoms with Gasteiger partial charge in [0.05, 0.1) is 24.4 Å². The molecule has 172 valence electrons. The number of aryl methyl sites for hydroxylation is 1. The largest absolute Gasteiger partial charge is 0.463 e. The average Bonchev–Trinajstić information content (AvgIpc) is 3.00. The maximum absolute atomic E-state index is 11.5. The third-order valence-corrected chi connectivity index (χ3v) is 5.74. The zero-order chi connectivity index (χ0) is 22.6. The quantitative estimate of drug-likeness (QED) is 0.265. The Kier molecular flexibility index (Phi) is 11.0. The van der Waals surface area contributed by atoms with E-state index in [1.165, 1.54) is 5.56 Å². The van der Waals surface area contributed by atoms with Crippen molar-refractivity contribution in [2.45, 2.75) is 83.2 Å². The smallest absolute Gasteiger partial charge is 0.306 e. The van der Waals surface area contributed by atoms with E-state index in [-0.39, 0.29) is 23.9 Å². The summed E-state index contributed by atoms with van der Waals surface area (Å²) in [4.78, 5) is 11.5. The van der Waals surface area contributed by atoms with Crippen LogP contribution in [-0.4, -0.2) is 45.7 Å². The van der Waals surface area contributed by atoms with E-state index in [1.54, 1.807) is 6.08 Å². The second-order valence-electron chi connectivity index (χ2n) is 8.73. The fourth-order valence-corrected chi connectivity index (χ4v) is 4.08. The summed E-state index contributed by atoms with van der Waals surface area (Å²) in [5.41, 5.74) is 1.19. The first kappa shape index (κ1) is 25.3. The maximum atomic E-state index is 11.5. The predicted octanol–water partition coefficient (Wildman–Crippen LogP) is 3.96. The Bertz CT molecular complexity index is 697. The van der Waals surface area contributed by atoms with Gasteiger partial charge in [0.15, 0.2) is 0 Å². The van der Waals surface area contributed by atoms with Crippen LogP contribution >= 0.6 is 0 Å². The van der Waals surface area contributed by atoms with Gasteiger partial charge in [0, 0.05) is 18.8 Å². The maximum Gasteiger partial charge on any atom is 0.306 e. The van der Waals surface area contributed by atoms with Gasteiger partial charge >= 0.3 is 5.97 Å². The molecule has 5 heteroatoms. The van der Waals surface area contributed by atoms with Crippen LogP contribution in [0.15, 0.2) is 54.6 Å². The molecule has 0 amide bonds. The summed E-state index contributed by atoms with van der Waals surface area (Å²) in [5.74, 6) is -0.421. The monoisotopic (exact) mass is 430 g/mol. The molecule has 1 aromatic carbocycles. The van der Waals surface area contributed by atoms with E-state index >= 15 is 0 Å². The summed E-state index contributed by atoms with van der Waals surface area (Å²) in [7, 11) is 0. The second-order valence-corrected chi connectivity index (χ2v) is 8.73. The molecule has 5 atom stereocenters. The molecule has 1 fully saturated rings. The van der Waals surface area contributed by atoms with Gasteiger partial charge in [-0.3, -0.25) is 4.79 Å². The van der Waals surface area contributed by atoms with Gasteiger partial charge in [0.2, 0.25) is 0 Å². The molecule has 1 saturated carbocycles. The van der Waals surface area contributed by atoms with Crippen LogP contribution in [0.4, 0.5) is 0 Å². The van der Waals surface area contributed by atoms with Crippen LogP contribution in [0.25, 0.3) is 0 Å². The fraction of sp³-hybridized carbons (Fsp3) is 0.577. The minimum absolute atomic E-state index is 0.0743. The van der Waals surface area contributed by atoms with Gasteiger partial charge < -0.3 is 20.1 Å². The van der Waals surface area contributed by atoms with Crippen LogP contribution in [0.5, 0.6) is 0 Å². The number of esters is 1. The van der Waals surface area contributed by atoms with Crippen LogP contribution in [0, 0.1) is 11.8 Å². The summed E-state index contributed by atoms with van der Waals surface area (Å²) in [5, 5.41) is 31.0. The summed E-state index contributed by atoms with van der Waals surface area (Å²) in [6, 6.07) is 10.0. The Hall–Kier alpha value is -1.95. The molecular formula is C26H38O5. The Morgan fingerprint density at radius 1 is 1.16 bits per heavy atom. The number of benzene rings is 1. The highest BCUT2D eigenvalue weighted by Crippen LogP contribution is 2.36. The van der Waals surface area contributed by atoms with Crippen molar-refractivity contribution >= 4 is 5.97 Å². The van der Waals surface area contributed by atoms with Crippen molar-refractivity contribution in [2.24, 2.45) is 11.8 Å². The molecule has 2 rings (SSSR count). The van der Waals surface area contributed by atoms with E-state index in [0.29, 0.717) is 25.7 Å². The molecule has 0 spiro atoms. The third kappa shape index (κ3) is 9.38. The molecule has 1 aromatic rings. The number of hydrogen-bond acceptors (Lipinski definition) is 5. The van der Waals surface area contributed by atoms with Gasteiger partial charge in [0.1, 0.15) is 0 Å². The van der Waals surface area contributed by atoms with Crippen molar-refractivity contribution < 1.29 is 24.9 Å². The standard InChI is InChI=1S/C26H38O5/c1-19(2)31-26(30)13-9-4-3-8-12-22-23(25(29)18-24(22)28)17-16-21(27)15-14-20-10-6-5-7-11-20/h3,5-8,10-11,16-17,19,21-25,27-29H,4,9,12-15,18H2,1-2H3/b8-3?,17-16+/t21-,22-,23-,24+,25-/m1/s1. The van der Waals surface area contributed by atoms with Crippen molar-refractivity contribution in [2.75, 3.05) is 0 Å². The van der Waals surface area contributed by atoms with Gasteiger partial charge in [-0.15, -0.1) is 0 Å². The lowest BCUT2D eigenvalue weighted by Gasteiger charge is -2.19. The van der Waals surface area contributed by atoms with Gasteiger partial charge in [0.25, 0.3) is 0 Å². The number of allylic oxidation sites excluding steroid dienone is 2. The molecule has 31 heavy (non-hydrogen) atoms. The molecule has 1 aliphatic rings. The first-order valence-electron chi connectivity index (χ1n) is 11.5. The molecule has 0 bridgehead atoms. The zero-order valence-corrected chi connectivity index (χ0v) is 18.8. The lowest BCUT2D eigenvalue weighted by molar-refractivity contribution is -0.147. The van der Waals surface area contributed by atoms with Crippen LogP contribution < -0.4 is 0 Å². The first-order chi connectivity index (χ1) is 14.9. The van der Waals surface area contributed by atoms with Crippen LogP contribution in [-0.2, 0) is 16.0 Å². The van der Waals surface area contributed by atoms with Crippen LogP contribution in [0.1, 0.15) is 57.9 Å². The Balaban J connectivity index is 1.77. The number of carbonyl (C=O) groups is 1. The Labute approximate surface area is 186 Å². The molecule has 0 radical (unpaired) electrons. The molecule has 0 saturated heterocycles. The van der Waals surface area contributed by atoms with Gasteiger partial charge in [-0.25, -0.2) is 0 Å². The molecule has 0 unspecified atom stereocenters. The normalized spacial score (nSPS) is 25.0. The number of ether oxygens (including phenoxy) is 1. The molecular weight excluding hydrogens is 392 g/mol. The highest BCUT2D eigenvalue weighted by molar-refractivity contribution is 5.69. The summed E-state index contributed by atoms with van der Waals surface area (Å²) in [6.07, 6.45) is 10.2. The van der Waals surface area contributed by atoms with Crippen molar-refractivity contribution in [1.29, 1.82) is 0 Å². The van der Waals surface area contributed by atoms with Crippen molar-refractivity contribution in [3.63, 3.8) is 0 Å². The number of aliphatic hydroxyl groups excluding tert-OH is 3. The van der Waals surface area contributed by atoms with Gasteiger partial charge in [-0.05, 0) is 57.4 Å². The molecule has 1 aliphatic carbocycles. The van der Waals surface area contributed by atoms with E-state index in [9.17, 15) is 20.1 Å². The molecule has 5 nitrogen and oxygen atoms in total. The SMILES string of the molecule is CC(C)OC(=O)CCCC=CC[C@@H]1[C@@H](/C=C/[C@H](O)CCc2ccccc2)[C@H](O)C[C@@H]1O. The average molecular weight is 431 g/mol. The molecule has 0 aromatic heterocycles. The summed E-state index contributed by atoms with van der Waals surface area (Å²) >= 11 is 0. The van der Waals surface area contributed by atoms with E-state index in [2.05, 4.69) is 0 Å². The van der Waals surface area contributed by atoms with Crippen molar-refractivity contribution in [1.82, 2.24) is 0 Å². The van der Waals surface area contributed by atoms with E-state index in [4.69, 9.17) is 4.74 Å². The number of aliphatic hydroxyl groups is 3. The van der Waals surface area contributed by atoms with Crippen molar-refractivity contribution in [3.8, 4) is 0 Å². The minimum Gasteiger partial charge on any atom is -0.463 e. The minimum atomic E-state index is -0.600. The highest BCUT2D eigenvalue weighted by atomic mass is 16.5. The summed E-state index contributed by atoms with van der Waals surface area (Å²) < 4.78 is 5.11. The molecule has 0 aliphatic heterocycles.